The summed E-state index contributed by atoms with van der Waals surface area (Å²) >= 11 is 2.02. The number of carbonyl (C=O) groups excluding carboxylic acids is 1. The van der Waals surface area contributed by atoms with Crippen LogP contribution in [0.4, 0.5) is 0 Å². The third kappa shape index (κ3) is 7.97. The second-order valence-electron chi connectivity index (χ2n) is 9.47. The molecule has 37 heavy (non-hydrogen) atoms. The molecule has 1 aliphatic rings. The molecular weight excluding hydrogens is 486 g/mol. The van der Waals surface area contributed by atoms with Gasteiger partial charge in [0.1, 0.15) is 0 Å². The first-order valence-electron chi connectivity index (χ1n) is 13.4. The molecule has 1 atom stereocenters. The summed E-state index contributed by atoms with van der Waals surface area (Å²) in [6.07, 6.45) is 8.10. The van der Waals surface area contributed by atoms with Crippen molar-refractivity contribution in [1.82, 2.24) is 4.90 Å². The molecule has 204 valence electrons. The van der Waals surface area contributed by atoms with Gasteiger partial charge in [-0.25, -0.2) is 0 Å². The molecule has 6 nitrogen and oxygen atoms in total. The summed E-state index contributed by atoms with van der Waals surface area (Å²) in [5, 5.41) is 0.385. The molecule has 0 bridgehead atoms. The monoisotopic (exact) mass is 529 g/mol. The van der Waals surface area contributed by atoms with E-state index in [2.05, 4.69) is 19.1 Å². The summed E-state index contributed by atoms with van der Waals surface area (Å²) in [6, 6.07) is 10.3. The van der Waals surface area contributed by atoms with E-state index in [1.807, 2.05) is 34.9 Å². The fraction of sp³-hybridized carbons (Fsp3) is 0.567. The van der Waals surface area contributed by atoms with Crippen molar-refractivity contribution in [3.63, 3.8) is 0 Å². The van der Waals surface area contributed by atoms with Crippen LogP contribution in [0.5, 0.6) is 23.0 Å². The van der Waals surface area contributed by atoms with Gasteiger partial charge in [0.2, 0.25) is 5.91 Å². The van der Waals surface area contributed by atoms with Gasteiger partial charge in [-0.15, -0.1) is 0 Å². The lowest BCUT2D eigenvalue weighted by Crippen LogP contribution is -2.35. The maximum atomic E-state index is 13.0. The van der Waals surface area contributed by atoms with Crippen molar-refractivity contribution in [2.24, 2.45) is 0 Å². The van der Waals surface area contributed by atoms with Crippen molar-refractivity contribution in [2.45, 2.75) is 70.1 Å². The van der Waals surface area contributed by atoms with E-state index in [-0.39, 0.29) is 5.91 Å². The Labute approximate surface area is 227 Å². The number of carbonyl (C=O) groups is 1. The summed E-state index contributed by atoms with van der Waals surface area (Å²) in [5.74, 6) is 4.37. The van der Waals surface area contributed by atoms with Gasteiger partial charge in [0.05, 0.1) is 28.4 Å². The van der Waals surface area contributed by atoms with Crippen LogP contribution < -0.4 is 18.9 Å². The summed E-state index contributed by atoms with van der Waals surface area (Å²) in [5.41, 5.74) is 3.65. The van der Waals surface area contributed by atoms with Gasteiger partial charge in [0.25, 0.3) is 0 Å². The zero-order valence-corrected chi connectivity index (χ0v) is 24.0. The molecule has 0 saturated carbocycles. The lowest BCUT2D eigenvalue weighted by atomic mass is 9.98. The number of fused-ring (bicyclic) bond motifs is 1. The first kappa shape index (κ1) is 29.0. The number of benzene rings is 2. The van der Waals surface area contributed by atoms with Crippen LogP contribution in [-0.4, -0.2) is 51.5 Å². The van der Waals surface area contributed by atoms with Crippen molar-refractivity contribution in [1.29, 1.82) is 0 Å². The summed E-state index contributed by atoms with van der Waals surface area (Å²) in [6.45, 7) is 3.63. The number of nitrogens with zero attached hydrogens (tertiary/aromatic N) is 1. The molecule has 0 N–H and O–H groups in total. The summed E-state index contributed by atoms with van der Waals surface area (Å²) in [7, 11) is 6.65. The van der Waals surface area contributed by atoms with Gasteiger partial charge in [-0.3, -0.25) is 4.79 Å². The third-order valence-electron chi connectivity index (χ3n) is 7.02. The van der Waals surface area contributed by atoms with Gasteiger partial charge in [0.15, 0.2) is 23.0 Å². The number of amides is 1. The van der Waals surface area contributed by atoms with E-state index in [1.54, 1.807) is 28.4 Å². The molecule has 0 aromatic heterocycles. The minimum Gasteiger partial charge on any atom is -0.493 e. The van der Waals surface area contributed by atoms with Crippen LogP contribution in [-0.2, 0) is 17.8 Å². The molecule has 2 aromatic carbocycles. The standard InChI is InChI=1S/C30H43NO5S/c1-6-7-10-17-37-29(23-13-14-25(33-2)26(19-23)34-3)11-8-9-12-30(32)31-16-15-22-18-27(35-4)28(36-5)20-24(22)21-31/h13-14,18-20,29H,6-12,15-17,21H2,1-5H3. The van der Waals surface area contributed by atoms with E-state index in [0.717, 1.165) is 60.8 Å². The maximum Gasteiger partial charge on any atom is 0.222 e. The number of hydrogen-bond donors (Lipinski definition) is 0. The maximum absolute atomic E-state index is 13.0. The zero-order chi connectivity index (χ0) is 26.6. The van der Waals surface area contributed by atoms with Crippen molar-refractivity contribution < 1.29 is 23.7 Å². The first-order chi connectivity index (χ1) is 18.0. The quantitative estimate of drug-likeness (QED) is 0.236. The number of unbranched alkanes of at least 4 members (excludes halogenated alkanes) is 3. The Morgan fingerprint density at radius 3 is 2.22 bits per heavy atom. The lowest BCUT2D eigenvalue weighted by Gasteiger charge is -2.30. The molecule has 1 aliphatic heterocycles. The van der Waals surface area contributed by atoms with Gasteiger partial charge in [-0.2, -0.15) is 11.8 Å². The van der Waals surface area contributed by atoms with E-state index in [1.165, 1.54) is 30.4 Å². The molecule has 1 heterocycles. The summed E-state index contributed by atoms with van der Waals surface area (Å²) < 4.78 is 21.9. The van der Waals surface area contributed by atoms with Gasteiger partial charge in [0, 0.05) is 24.8 Å². The highest BCUT2D eigenvalue weighted by atomic mass is 32.2. The van der Waals surface area contributed by atoms with E-state index >= 15 is 0 Å². The van der Waals surface area contributed by atoms with Crippen LogP contribution in [0.25, 0.3) is 0 Å². The van der Waals surface area contributed by atoms with Crippen LogP contribution in [0, 0.1) is 0 Å². The molecule has 0 fully saturated rings. The highest BCUT2D eigenvalue weighted by Gasteiger charge is 2.23. The van der Waals surface area contributed by atoms with Crippen molar-refractivity contribution >= 4 is 17.7 Å². The van der Waals surface area contributed by atoms with E-state index in [9.17, 15) is 4.79 Å². The molecular formula is C30H43NO5S. The van der Waals surface area contributed by atoms with Crippen LogP contribution in [0.2, 0.25) is 0 Å². The molecule has 0 saturated heterocycles. The molecule has 0 spiro atoms. The summed E-state index contributed by atoms with van der Waals surface area (Å²) in [4.78, 5) is 15.0. The third-order valence-corrected chi connectivity index (χ3v) is 8.46. The topological polar surface area (TPSA) is 57.2 Å². The number of thioether (sulfide) groups is 1. The van der Waals surface area contributed by atoms with Gasteiger partial charge in [-0.05, 0) is 72.4 Å². The smallest absolute Gasteiger partial charge is 0.222 e. The van der Waals surface area contributed by atoms with Crippen LogP contribution in [0.3, 0.4) is 0 Å². The SMILES string of the molecule is CCCCCSC(CCCCC(=O)N1CCc2cc(OC)c(OC)cc2C1)c1ccc(OC)c(OC)c1. The van der Waals surface area contributed by atoms with Crippen molar-refractivity contribution in [3.8, 4) is 23.0 Å². The highest BCUT2D eigenvalue weighted by Crippen LogP contribution is 2.39. The molecule has 0 aliphatic carbocycles. The molecule has 1 unspecified atom stereocenters. The number of hydrogen-bond acceptors (Lipinski definition) is 6. The van der Waals surface area contributed by atoms with Crippen molar-refractivity contribution in [3.05, 3.63) is 47.0 Å². The highest BCUT2D eigenvalue weighted by molar-refractivity contribution is 7.99. The van der Waals surface area contributed by atoms with E-state index in [0.29, 0.717) is 24.0 Å². The van der Waals surface area contributed by atoms with Crippen molar-refractivity contribution in [2.75, 3.05) is 40.7 Å². The minimum atomic E-state index is 0.235. The number of ether oxygens (including phenoxy) is 4. The van der Waals surface area contributed by atoms with E-state index in [4.69, 9.17) is 18.9 Å². The lowest BCUT2D eigenvalue weighted by molar-refractivity contribution is -0.132. The predicted octanol–water partition coefficient (Wildman–Crippen LogP) is 6.83. The molecule has 1 amide bonds. The molecule has 3 rings (SSSR count). The van der Waals surface area contributed by atoms with Crippen LogP contribution >= 0.6 is 11.8 Å². The zero-order valence-electron chi connectivity index (χ0n) is 23.1. The average molecular weight is 530 g/mol. The van der Waals surface area contributed by atoms with Gasteiger partial charge < -0.3 is 23.8 Å². The number of rotatable bonds is 15. The Hall–Kier alpha value is -2.54. The number of methoxy groups -OCH3 is 4. The van der Waals surface area contributed by atoms with Gasteiger partial charge >= 0.3 is 0 Å². The first-order valence-corrected chi connectivity index (χ1v) is 14.4. The Bertz CT molecular complexity index is 1010. The Kier molecular flexibility index (Phi) is 11.8. The second kappa shape index (κ2) is 15.0. The fourth-order valence-electron chi connectivity index (χ4n) is 4.84. The Balaban J connectivity index is 1.55. The normalized spacial score (nSPS) is 13.6. The fourth-order valence-corrected chi connectivity index (χ4v) is 6.16. The second-order valence-corrected chi connectivity index (χ2v) is 10.8. The van der Waals surface area contributed by atoms with Crippen LogP contribution in [0.15, 0.2) is 30.3 Å². The van der Waals surface area contributed by atoms with Crippen LogP contribution in [0.1, 0.15) is 73.8 Å². The molecule has 0 radical (unpaired) electrons. The average Bonchev–Trinajstić information content (AvgIpc) is 2.94. The van der Waals surface area contributed by atoms with E-state index < -0.39 is 0 Å². The largest absolute Gasteiger partial charge is 0.493 e. The minimum absolute atomic E-state index is 0.235. The molecule has 7 heteroatoms. The Morgan fingerprint density at radius 1 is 0.865 bits per heavy atom. The molecule has 2 aromatic rings. The van der Waals surface area contributed by atoms with Gasteiger partial charge in [-0.1, -0.05) is 32.3 Å². The predicted molar refractivity (Wildman–Crippen MR) is 151 cm³/mol. The Morgan fingerprint density at radius 2 is 1.54 bits per heavy atom.